The summed E-state index contributed by atoms with van der Waals surface area (Å²) in [4.78, 5) is 21.5. The summed E-state index contributed by atoms with van der Waals surface area (Å²) in [5.41, 5.74) is -1.30. The van der Waals surface area contributed by atoms with Gasteiger partial charge in [-0.25, -0.2) is 4.79 Å². The first kappa shape index (κ1) is 13.2. The zero-order valence-electron chi connectivity index (χ0n) is 8.83. The zero-order valence-corrected chi connectivity index (χ0v) is 8.83. The zero-order chi connectivity index (χ0) is 12.4. The smallest absolute Gasteiger partial charge is 0.335 e. The second-order valence-corrected chi connectivity index (χ2v) is 3.67. The number of carboxylic acids is 2. The maximum absolute atomic E-state index is 10.9. The average Bonchev–Trinajstić information content (AvgIpc) is 2.13. The van der Waals surface area contributed by atoms with E-state index in [1.807, 2.05) is 0 Å². The molecular weight excluding hydrogens is 196 g/mol. The van der Waals surface area contributed by atoms with Crippen molar-refractivity contribution < 1.29 is 19.8 Å². The van der Waals surface area contributed by atoms with Gasteiger partial charge < -0.3 is 10.2 Å². The van der Waals surface area contributed by atoms with Crippen LogP contribution in [-0.2, 0) is 9.59 Å². The van der Waals surface area contributed by atoms with Gasteiger partial charge in [-0.15, -0.1) is 0 Å². The maximum atomic E-state index is 10.9. The third kappa shape index (κ3) is 2.56. The summed E-state index contributed by atoms with van der Waals surface area (Å²) in [7, 11) is 0. The third-order valence-corrected chi connectivity index (χ3v) is 2.28. The second kappa shape index (κ2) is 4.13. The van der Waals surface area contributed by atoms with E-state index in [4.69, 9.17) is 10.2 Å². The fourth-order valence-electron chi connectivity index (χ4n) is 0.818. The van der Waals surface area contributed by atoms with Gasteiger partial charge in [0.05, 0.1) is 11.0 Å². The van der Waals surface area contributed by atoms with Crippen molar-refractivity contribution in [2.24, 2.45) is 5.41 Å². The van der Waals surface area contributed by atoms with Gasteiger partial charge >= 0.3 is 11.9 Å². The standard InChI is InChI=1S/C11H14O4/c1-6(7(2)9(12)13)8(3)11(4,5)10(14)15/h1-3H2,4-5H3,(H,12,13)(H,14,15). The number of hydrogen-bond donors (Lipinski definition) is 2. The van der Waals surface area contributed by atoms with Crippen molar-refractivity contribution in [2.75, 3.05) is 0 Å². The molecule has 0 amide bonds. The lowest BCUT2D eigenvalue weighted by atomic mass is 9.79. The summed E-state index contributed by atoms with van der Waals surface area (Å²) in [5.74, 6) is -2.32. The van der Waals surface area contributed by atoms with Gasteiger partial charge in [-0.3, -0.25) is 4.79 Å². The minimum Gasteiger partial charge on any atom is -0.481 e. The number of carboxylic acid groups (broad SMARTS) is 2. The third-order valence-electron chi connectivity index (χ3n) is 2.28. The van der Waals surface area contributed by atoms with Crippen LogP contribution in [0.5, 0.6) is 0 Å². The Hall–Kier alpha value is -1.84. The molecule has 0 unspecified atom stereocenters. The Balaban J connectivity index is 5.06. The van der Waals surface area contributed by atoms with E-state index in [-0.39, 0.29) is 16.7 Å². The first-order valence-corrected chi connectivity index (χ1v) is 4.17. The van der Waals surface area contributed by atoms with Gasteiger partial charge in [0.1, 0.15) is 0 Å². The largest absolute Gasteiger partial charge is 0.481 e. The molecule has 0 heterocycles. The van der Waals surface area contributed by atoms with E-state index in [9.17, 15) is 9.59 Å². The van der Waals surface area contributed by atoms with Crippen molar-refractivity contribution in [3.8, 4) is 0 Å². The van der Waals surface area contributed by atoms with Crippen LogP contribution in [-0.4, -0.2) is 22.2 Å². The molecule has 82 valence electrons. The van der Waals surface area contributed by atoms with Gasteiger partial charge in [-0.05, 0) is 25.0 Å². The topological polar surface area (TPSA) is 74.6 Å². The molecule has 0 bridgehead atoms. The van der Waals surface area contributed by atoms with Gasteiger partial charge in [-0.1, -0.05) is 19.7 Å². The Morgan fingerprint density at radius 1 is 1.00 bits per heavy atom. The Kier molecular flexibility index (Phi) is 3.62. The molecule has 0 radical (unpaired) electrons. The van der Waals surface area contributed by atoms with Crippen LogP contribution >= 0.6 is 0 Å². The molecule has 0 saturated carbocycles. The number of aliphatic carboxylic acids is 2. The Morgan fingerprint density at radius 3 is 1.67 bits per heavy atom. The SMILES string of the molecule is C=C(C(=C)C(=O)O)C(=C)C(C)(C)C(=O)O. The molecule has 0 spiro atoms. The van der Waals surface area contributed by atoms with Gasteiger partial charge in [0.15, 0.2) is 0 Å². The van der Waals surface area contributed by atoms with Gasteiger partial charge in [-0.2, -0.15) is 0 Å². The van der Waals surface area contributed by atoms with Crippen molar-refractivity contribution in [3.05, 3.63) is 36.5 Å². The predicted molar refractivity (Wildman–Crippen MR) is 56.5 cm³/mol. The Morgan fingerprint density at radius 2 is 1.40 bits per heavy atom. The van der Waals surface area contributed by atoms with Crippen LogP contribution in [0.1, 0.15) is 13.8 Å². The molecule has 4 nitrogen and oxygen atoms in total. The van der Waals surface area contributed by atoms with Crippen LogP contribution in [0.15, 0.2) is 36.5 Å². The number of carbonyl (C=O) groups is 2. The minimum atomic E-state index is -1.25. The van der Waals surface area contributed by atoms with E-state index in [1.54, 1.807) is 0 Å². The van der Waals surface area contributed by atoms with E-state index in [0.717, 1.165) is 0 Å². The first-order chi connectivity index (χ1) is 6.62. The molecule has 2 N–H and O–H groups in total. The van der Waals surface area contributed by atoms with Crippen molar-refractivity contribution >= 4 is 11.9 Å². The Labute approximate surface area is 88.2 Å². The molecule has 15 heavy (non-hydrogen) atoms. The molecule has 0 aromatic heterocycles. The van der Waals surface area contributed by atoms with E-state index < -0.39 is 17.4 Å². The molecular formula is C11H14O4. The highest BCUT2D eigenvalue weighted by Gasteiger charge is 2.33. The lowest BCUT2D eigenvalue weighted by Crippen LogP contribution is -2.27. The molecule has 0 aliphatic rings. The highest BCUT2D eigenvalue weighted by molar-refractivity contribution is 5.93. The minimum absolute atomic E-state index is 0.0508. The van der Waals surface area contributed by atoms with E-state index >= 15 is 0 Å². The van der Waals surface area contributed by atoms with Crippen LogP contribution in [0.4, 0.5) is 0 Å². The fraction of sp³-hybridized carbons (Fsp3) is 0.273. The quantitative estimate of drug-likeness (QED) is 0.536. The lowest BCUT2D eigenvalue weighted by molar-refractivity contribution is -0.144. The van der Waals surface area contributed by atoms with Crippen molar-refractivity contribution in [3.63, 3.8) is 0 Å². The summed E-state index contributed by atoms with van der Waals surface area (Å²) >= 11 is 0. The average molecular weight is 210 g/mol. The highest BCUT2D eigenvalue weighted by atomic mass is 16.4. The number of hydrogen-bond acceptors (Lipinski definition) is 2. The second-order valence-electron chi connectivity index (χ2n) is 3.67. The number of rotatable bonds is 5. The van der Waals surface area contributed by atoms with Crippen molar-refractivity contribution in [2.45, 2.75) is 13.8 Å². The Bertz CT molecular complexity index is 361. The molecule has 0 aliphatic heterocycles. The predicted octanol–water partition coefficient (Wildman–Crippen LogP) is 1.85. The molecule has 0 aromatic carbocycles. The molecule has 0 saturated heterocycles. The molecule has 0 rings (SSSR count). The van der Waals surface area contributed by atoms with E-state index in [2.05, 4.69) is 19.7 Å². The maximum Gasteiger partial charge on any atom is 0.335 e. The lowest BCUT2D eigenvalue weighted by Gasteiger charge is -2.23. The van der Waals surface area contributed by atoms with Crippen LogP contribution < -0.4 is 0 Å². The van der Waals surface area contributed by atoms with Gasteiger partial charge in [0, 0.05) is 0 Å². The summed E-state index contributed by atoms with van der Waals surface area (Å²) in [6.07, 6.45) is 0. The van der Waals surface area contributed by atoms with E-state index in [1.165, 1.54) is 13.8 Å². The first-order valence-electron chi connectivity index (χ1n) is 4.17. The van der Waals surface area contributed by atoms with Crippen LogP contribution in [0, 0.1) is 5.41 Å². The highest BCUT2D eigenvalue weighted by Crippen LogP contribution is 2.32. The molecule has 0 atom stereocenters. The fourth-order valence-corrected chi connectivity index (χ4v) is 0.818. The molecule has 4 heteroatoms. The van der Waals surface area contributed by atoms with Crippen molar-refractivity contribution in [1.82, 2.24) is 0 Å². The van der Waals surface area contributed by atoms with Crippen molar-refractivity contribution in [1.29, 1.82) is 0 Å². The molecule has 0 aliphatic carbocycles. The molecule has 0 aromatic rings. The monoisotopic (exact) mass is 210 g/mol. The van der Waals surface area contributed by atoms with Crippen LogP contribution in [0.3, 0.4) is 0 Å². The summed E-state index contributed by atoms with van der Waals surface area (Å²) in [6.45, 7) is 13.2. The summed E-state index contributed by atoms with van der Waals surface area (Å²) < 4.78 is 0. The summed E-state index contributed by atoms with van der Waals surface area (Å²) in [5, 5.41) is 17.6. The van der Waals surface area contributed by atoms with E-state index in [0.29, 0.717) is 0 Å². The van der Waals surface area contributed by atoms with Crippen LogP contribution in [0.2, 0.25) is 0 Å². The molecule has 0 fully saturated rings. The van der Waals surface area contributed by atoms with Gasteiger partial charge in [0.25, 0.3) is 0 Å². The normalized spacial score (nSPS) is 10.5. The van der Waals surface area contributed by atoms with Gasteiger partial charge in [0.2, 0.25) is 0 Å². The summed E-state index contributed by atoms with van der Waals surface area (Å²) in [6, 6.07) is 0. The van der Waals surface area contributed by atoms with Crippen LogP contribution in [0.25, 0.3) is 0 Å².